The molecule has 2 N–H and O–H groups in total. The third kappa shape index (κ3) is 7.13. The average molecular weight is 711 g/mol. The van der Waals surface area contributed by atoms with Crippen molar-refractivity contribution in [2.45, 2.75) is 63.3 Å². The molecule has 1 atom stereocenters. The third-order valence-electron chi connectivity index (χ3n) is 8.76. The van der Waals surface area contributed by atoms with Gasteiger partial charge in [-0.1, -0.05) is 11.6 Å². The lowest BCUT2D eigenvalue weighted by Crippen LogP contribution is -2.43. The molecule has 13 heteroatoms. The number of sulfonamides is 1. The number of anilines is 1. The second-order valence-corrected chi connectivity index (χ2v) is 15.5. The molecule has 262 valence electrons. The molecular weight excluding hydrogens is 668 g/mol. The Morgan fingerprint density at radius 3 is 2.29 bits per heavy atom. The van der Waals surface area contributed by atoms with Gasteiger partial charge in [0, 0.05) is 40.3 Å². The van der Waals surface area contributed by atoms with Crippen LogP contribution in [0, 0.1) is 0 Å². The van der Waals surface area contributed by atoms with Crippen LogP contribution in [0.3, 0.4) is 0 Å². The van der Waals surface area contributed by atoms with Gasteiger partial charge in [-0.3, -0.25) is 14.4 Å². The van der Waals surface area contributed by atoms with E-state index in [1.54, 1.807) is 37.3 Å². The first kappa shape index (κ1) is 36.2. The standard InChI is InChI=1S/C36H43ClN4O7S/c1-7-48-25-12-14-29-27(22-25)36(5,26-20-23(10-13-28(26)37)32(42)38-16-19-40-17-8-9-18-40)34(44)41(29)49(45,46)31-15-11-24(21-30(31)47-6)33(43)39-35(2,3)4/h10-15,20-22H,7-9,16-19H2,1-6H3,(H,38,42)(H,39,43). The molecule has 0 aliphatic carbocycles. The minimum Gasteiger partial charge on any atom is -0.495 e. The Bertz CT molecular complexity index is 1890. The first-order chi connectivity index (χ1) is 23.1. The molecule has 0 radical (unpaired) electrons. The normalized spacial score (nSPS) is 17.9. The Hall–Kier alpha value is -4.13. The van der Waals surface area contributed by atoms with E-state index < -0.39 is 32.8 Å². The number of carbonyl (C=O) groups excluding carboxylic acids is 3. The Balaban J connectivity index is 1.57. The summed E-state index contributed by atoms with van der Waals surface area (Å²) in [6.07, 6.45) is 2.29. The number of likely N-dealkylation sites (tertiary alicyclic amines) is 1. The molecule has 49 heavy (non-hydrogen) atoms. The van der Waals surface area contributed by atoms with Crippen molar-refractivity contribution < 1.29 is 32.3 Å². The van der Waals surface area contributed by atoms with Crippen molar-refractivity contribution in [3.63, 3.8) is 0 Å². The maximum absolute atomic E-state index is 14.7. The number of fused-ring (bicyclic) bond motifs is 1. The van der Waals surface area contributed by atoms with Gasteiger partial charge >= 0.3 is 0 Å². The zero-order valence-corrected chi connectivity index (χ0v) is 30.3. The van der Waals surface area contributed by atoms with E-state index in [9.17, 15) is 22.8 Å². The highest BCUT2D eigenvalue weighted by atomic mass is 35.5. The number of nitrogens with one attached hydrogen (secondary N) is 2. The van der Waals surface area contributed by atoms with Crippen molar-refractivity contribution in [3.8, 4) is 11.5 Å². The van der Waals surface area contributed by atoms with Crippen LogP contribution < -0.4 is 24.4 Å². The summed E-state index contributed by atoms with van der Waals surface area (Å²) in [6, 6.07) is 13.3. The van der Waals surface area contributed by atoms with Crippen LogP contribution in [-0.2, 0) is 20.2 Å². The van der Waals surface area contributed by atoms with Crippen LogP contribution in [0.15, 0.2) is 59.5 Å². The number of carbonyl (C=O) groups is 3. The summed E-state index contributed by atoms with van der Waals surface area (Å²) in [5.41, 5.74) is -1.00. The fourth-order valence-corrected chi connectivity index (χ4v) is 8.25. The quantitative estimate of drug-likeness (QED) is 0.280. The number of methoxy groups -OCH3 is 1. The predicted molar refractivity (Wildman–Crippen MR) is 188 cm³/mol. The minimum atomic E-state index is -4.63. The van der Waals surface area contributed by atoms with Crippen LogP contribution in [0.2, 0.25) is 5.02 Å². The maximum atomic E-state index is 14.7. The second kappa shape index (κ2) is 14.0. The largest absolute Gasteiger partial charge is 0.495 e. The highest BCUT2D eigenvalue weighted by molar-refractivity contribution is 7.93. The van der Waals surface area contributed by atoms with Gasteiger partial charge in [0.1, 0.15) is 21.8 Å². The molecule has 3 amide bonds. The van der Waals surface area contributed by atoms with Gasteiger partial charge in [0.15, 0.2) is 0 Å². The van der Waals surface area contributed by atoms with Crippen LogP contribution in [0.1, 0.15) is 79.3 Å². The zero-order valence-electron chi connectivity index (χ0n) is 28.7. The molecule has 0 saturated carbocycles. The molecule has 0 bridgehead atoms. The number of amides is 3. The molecule has 2 aliphatic heterocycles. The number of benzene rings is 3. The Morgan fingerprint density at radius 1 is 0.959 bits per heavy atom. The highest BCUT2D eigenvalue weighted by Gasteiger charge is 2.54. The van der Waals surface area contributed by atoms with Gasteiger partial charge in [-0.15, -0.1) is 0 Å². The second-order valence-electron chi connectivity index (χ2n) is 13.4. The van der Waals surface area contributed by atoms with Crippen LogP contribution >= 0.6 is 11.6 Å². The monoisotopic (exact) mass is 710 g/mol. The Kier molecular flexibility index (Phi) is 10.3. The average Bonchev–Trinajstić information content (AvgIpc) is 3.65. The fourth-order valence-electron chi connectivity index (χ4n) is 6.29. The van der Waals surface area contributed by atoms with Crippen molar-refractivity contribution in [3.05, 3.63) is 81.9 Å². The molecule has 1 unspecified atom stereocenters. The topological polar surface area (TPSA) is 134 Å². The summed E-state index contributed by atoms with van der Waals surface area (Å²) in [6.45, 7) is 12.4. The van der Waals surface area contributed by atoms with Crippen LogP contribution in [-0.4, -0.2) is 76.5 Å². The molecule has 3 aromatic rings. The first-order valence-electron chi connectivity index (χ1n) is 16.3. The number of halogens is 1. The summed E-state index contributed by atoms with van der Waals surface area (Å²) in [7, 11) is -3.33. The molecule has 11 nitrogen and oxygen atoms in total. The lowest BCUT2D eigenvalue weighted by molar-refractivity contribution is -0.120. The molecule has 1 saturated heterocycles. The molecule has 2 heterocycles. The molecule has 5 rings (SSSR count). The summed E-state index contributed by atoms with van der Waals surface area (Å²) in [5.74, 6) is -1.23. The lowest BCUT2D eigenvalue weighted by atomic mass is 9.76. The van der Waals surface area contributed by atoms with E-state index in [2.05, 4.69) is 15.5 Å². The van der Waals surface area contributed by atoms with Gasteiger partial charge in [-0.2, -0.15) is 0 Å². The van der Waals surface area contributed by atoms with Gasteiger partial charge < -0.3 is 25.0 Å². The zero-order chi connectivity index (χ0) is 35.7. The van der Waals surface area contributed by atoms with Crippen LogP contribution in [0.4, 0.5) is 5.69 Å². The van der Waals surface area contributed by atoms with E-state index in [1.165, 1.54) is 31.4 Å². The predicted octanol–water partition coefficient (Wildman–Crippen LogP) is 5.14. The van der Waals surface area contributed by atoms with Gasteiger partial charge in [0.25, 0.3) is 27.7 Å². The van der Waals surface area contributed by atoms with Gasteiger partial charge in [0.2, 0.25) is 0 Å². The Labute approximate surface area is 292 Å². The van der Waals surface area contributed by atoms with Crippen molar-refractivity contribution in [1.82, 2.24) is 15.5 Å². The molecular formula is C36H43ClN4O7S. The maximum Gasteiger partial charge on any atom is 0.274 e. The molecule has 0 aromatic heterocycles. The van der Waals surface area contributed by atoms with Gasteiger partial charge in [-0.05, 0) is 121 Å². The summed E-state index contributed by atoms with van der Waals surface area (Å²) in [4.78, 5) is 42.8. The SMILES string of the molecule is CCOc1ccc2c(c1)C(C)(c1cc(C(=O)NCCN3CCCC3)ccc1Cl)C(=O)N2S(=O)(=O)c1ccc(C(=O)NC(C)(C)C)cc1OC. The van der Waals surface area contributed by atoms with Crippen LogP contribution in [0.25, 0.3) is 0 Å². The van der Waals surface area contributed by atoms with Gasteiger partial charge in [0.05, 0.1) is 19.4 Å². The number of hydrogen-bond donors (Lipinski definition) is 2. The third-order valence-corrected chi connectivity index (χ3v) is 10.8. The summed E-state index contributed by atoms with van der Waals surface area (Å²) >= 11 is 6.77. The summed E-state index contributed by atoms with van der Waals surface area (Å²) in [5, 5.41) is 5.97. The summed E-state index contributed by atoms with van der Waals surface area (Å²) < 4.78 is 41.0. The van der Waals surface area contributed by atoms with Crippen molar-refractivity contribution in [1.29, 1.82) is 0 Å². The number of nitrogens with zero attached hydrogens (tertiary/aromatic N) is 2. The van der Waals surface area contributed by atoms with E-state index in [-0.39, 0.29) is 44.0 Å². The molecule has 3 aromatic carbocycles. The van der Waals surface area contributed by atoms with Crippen molar-refractivity contribution in [2.24, 2.45) is 0 Å². The van der Waals surface area contributed by atoms with Crippen LogP contribution in [0.5, 0.6) is 11.5 Å². The molecule has 0 spiro atoms. The van der Waals surface area contributed by atoms with Crippen molar-refractivity contribution in [2.75, 3.05) is 44.2 Å². The van der Waals surface area contributed by atoms with Gasteiger partial charge in [-0.25, -0.2) is 12.7 Å². The molecule has 2 aliphatic rings. The van der Waals surface area contributed by atoms with E-state index in [0.717, 1.165) is 36.8 Å². The highest BCUT2D eigenvalue weighted by Crippen LogP contribution is 2.51. The van der Waals surface area contributed by atoms with E-state index in [4.69, 9.17) is 21.1 Å². The van der Waals surface area contributed by atoms with E-state index in [0.29, 0.717) is 24.5 Å². The smallest absolute Gasteiger partial charge is 0.274 e. The van der Waals surface area contributed by atoms with Crippen molar-refractivity contribution >= 4 is 45.0 Å². The first-order valence-corrected chi connectivity index (χ1v) is 18.1. The number of hydrogen-bond acceptors (Lipinski definition) is 8. The minimum absolute atomic E-state index is 0.101. The lowest BCUT2D eigenvalue weighted by Gasteiger charge is -2.27. The number of ether oxygens (including phenoxy) is 2. The Morgan fingerprint density at radius 2 is 1.63 bits per heavy atom. The number of rotatable bonds is 11. The van der Waals surface area contributed by atoms with E-state index >= 15 is 0 Å². The molecule has 1 fully saturated rings. The fraction of sp³-hybridized carbons (Fsp3) is 0.417. The van der Waals surface area contributed by atoms with E-state index in [1.807, 2.05) is 27.7 Å².